The Morgan fingerprint density at radius 2 is 2.40 bits per heavy atom. The molecule has 0 amide bonds. The Balaban J connectivity index is 2.31. The van der Waals surface area contributed by atoms with Gasteiger partial charge in [0.15, 0.2) is 0 Å². The van der Waals surface area contributed by atoms with Gasteiger partial charge in [0.2, 0.25) is 0 Å². The SMILES string of the molecule is CC1CC(Br)N(CCS)C1. The summed E-state index contributed by atoms with van der Waals surface area (Å²) in [6.07, 6.45) is 1.29. The first-order valence-electron chi connectivity index (χ1n) is 3.73. The molecule has 1 aliphatic rings. The van der Waals surface area contributed by atoms with Crippen molar-refractivity contribution in [1.82, 2.24) is 4.90 Å². The monoisotopic (exact) mass is 223 g/mol. The molecular weight excluding hydrogens is 210 g/mol. The number of nitrogens with zero attached hydrogens (tertiary/aromatic N) is 1. The number of likely N-dealkylation sites (tertiary alicyclic amines) is 1. The highest BCUT2D eigenvalue weighted by Gasteiger charge is 2.26. The van der Waals surface area contributed by atoms with Crippen molar-refractivity contribution >= 4 is 28.6 Å². The van der Waals surface area contributed by atoms with Gasteiger partial charge in [-0.15, -0.1) is 0 Å². The Morgan fingerprint density at radius 3 is 2.80 bits per heavy atom. The highest BCUT2D eigenvalue weighted by atomic mass is 79.9. The highest BCUT2D eigenvalue weighted by molar-refractivity contribution is 9.09. The molecule has 1 aliphatic heterocycles. The zero-order valence-electron chi connectivity index (χ0n) is 6.26. The Morgan fingerprint density at radius 1 is 1.70 bits per heavy atom. The fraction of sp³-hybridized carbons (Fsp3) is 1.00. The number of thiol groups is 1. The lowest BCUT2D eigenvalue weighted by Crippen LogP contribution is -2.27. The summed E-state index contributed by atoms with van der Waals surface area (Å²) in [4.78, 5) is 3.05. The summed E-state index contributed by atoms with van der Waals surface area (Å²) in [5.74, 6) is 1.82. The predicted molar refractivity (Wildman–Crippen MR) is 51.9 cm³/mol. The van der Waals surface area contributed by atoms with Crippen molar-refractivity contribution in [3.05, 3.63) is 0 Å². The fourth-order valence-corrected chi connectivity index (χ4v) is 2.70. The van der Waals surface area contributed by atoms with E-state index >= 15 is 0 Å². The third-order valence-corrected chi connectivity index (χ3v) is 3.08. The van der Waals surface area contributed by atoms with Gasteiger partial charge in [-0.1, -0.05) is 22.9 Å². The molecule has 0 N–H and O–H groups in total. The maximum atomic E-state index is 4.20. The Kier molecular flexibility index (Phi) is 3.53. The summed E-state index contributed by atoms with van der Waals surface area (Å²) in [6.45, 7) is 4.65. The van der Waals surface area contributed by atoms with E-state index in [1.54, 1.807) is 0 Å². The molecule has 0 aliphatic carbocycles. The summed E-state index contributed by atoms with van der Waals surface area (Å²) in [7, 11) is 0. The van der Waals surface area contributed by atoms with E-state index in [2.05, 4.69) is 40.4 Å². The van der Waals surface area contributed by atoms with Crippen molar-refractivity contribution in [2.45, 2.75) is 18.3 Å². The molecule has 0 aromatic rings. The maximum Gasteiger partial charge on any atom is 0.0659 e. The van der Waals surface area contributed by atoms with Gasteiger partial charge in [0.25, 0.3) is 0 Å². The molecule has 0 saturated carbocycles. The first-order valence-corrected chi connectivity index (χ1v) is 5.28. The number of hydrogen-bond donors (Lipinski definition) is 1. The van der Waals surface area contributed by atoms with Crippen LogP contribution in [0.3, 0.4) is 0 Å². The van der Waals surface area contributed by atoms with E-state index in [0.29, 0.717) is 4.95 Å². The number of rotatable bonds is 2. The molecule has 1 saturated heterocycles. The molecule has 2 atom stereocenters. The maximum absolute atomic E-state index is 4.20. The van der Waals surface area contributed by atoms with Crippen LogP contribution in [0.1, 0.15) is 13.3 Å². The molecule has 1 fully saturated rings. The average molecular weight is 224 g/mol. The molecule has 1 nitrogen and oxygen atoms in total. The van der Waals surface area contributed by atoms with E-state index in [1.165, 1.54) is 13.0 Å². The Labute approximate surface area is 76.7 Å². The number of alkyl halides is 1. The van der Waals surface area contributed by atoms with Crippen LogP contribution in [0.15, 0.2) is 0 Å². The van der Waals surface area contributed by atoms with Crippen molar-refractivity contribution < 1.29 is 0 Å². The van der Waals surface area contributed by atoms with Crippen LogP contribution < -0.4 is 0 Å². The predicted octanol–water partition coefficient (Wildman–Crippen LogP) is 1.98. The van der Waals surface area contributed by atoms with Crippen LogP contribution in [0.25, 0.3) is 0 Å². The summed E-state index contributed by atoms with van der Waals surface area (Å²) >= 11 is 7.84. The summed E-state index contributed by atoms with van der Waals surface area (Å²) in [6, 6.07) is 0. The van der Waals surface area contributed by atoms with Gasteiger partial charge in [0.05, 0.1) is 4.95 Å². The van der Waals surface area contributed by atoms with Crippen LogP contribution in [0.4, 0.5) is 0 Å². The third-order valence-electron chi connectivity index (χ3n) is 1.93. The van der Waals surface area contributed by atoms with E-state index in [0.717, 1.165) is 18.2 Å². The molecule has 10 heavy (non-hydrogen) atoms. The van der Waals surface area contributed by atoms with Crippen LogP contribution in [0, 0.1) is 5.92 Å². The van der Waals surface area contributed by atoms with Crippen LogP contribution in [0.5, 0.6) is 0 Å². The summed E-state index contributed by atoms with van der Waals surface area (Å²) in [5, 5.41) is 0. The molecular formula is C7H14BrNS. The first-order chi connectivity index (χ1) is 4.74. The van der Waals surface area contributed by atoms with Gasteiger partial charge >= 0.3 is 0 Å². The molecule has 1 heterocycles. The van der Waals surface area contributed by atoms with Gasteiger partial charge in [-0.25, -0.2) is 0 Å². The molecule has 0 spiro atoms. The fourth-order valence-electron chi connectivity index (χ4n) is 1.43. The Hall–Kier alpha value is 0.790. The van der Waals surface area contributed by atoms with Gasteiger partial charge in [-0.05, 0) is 12.3 Å². The third kappa shape index (κ3) is 2.14. The van der Waals surface area contributed by atoms with Crippen LogP contribution in [0.2, 0.25) is 0 Å². The zero-order chi connectivity index (χ0) is 7.56. The lowest BCUT2D eigenvalue weighted by Gasteiger charge is -2.17. The lowest BCUT2D eigenvalue weighted by molar-refractivity contribution is 0.334. The van der Waals surface area contributed by atoms with E-state index in [9.17, 15) is 0 Å². The molecule has 2 unspecified atom stereocenters. The molecule has 1 rings (SSSR count). The second kappa shape index (κ2) is 3.98. The largest absolute Gasteiger partial charge is 0.290 e. The minimum Gasteiger partial charge on any atom is -0.290 e. The molecule has 0 bridgehead atoms. The average Bonchev–Trinajstić information content (AvgIpc) is 2.13. The lowest BCUT2D eigenvalue weighted by atomic mass is 10.2. The number of hydrogen-bond acceptors (Lipinski definition) is 2. The van der Waals surface area contributed by atoms with Crippen LogP contribution >= 0.6 is 28.6 Å². The normalized spacial score (nSPS) is 35.1. The zero-order valence-corrected chi connectivity index (χ0v) is 8.74. The van der Waals surface area contributed by atoms with Crippen LogP contribution in [-0.2, 0) is 0 Å². The quantitative estimate of drug-likeness (QED) is 0.426. The molecule has 3 heteroatoms. The van der Waals surface area contributed by atoms with Crippen LogP contribution in [-0.4, -0.2) is 28.7 Å². The summed E-state index contributed by atoms with van der Waals surface area (Å²) < 4.78 is 0. The second-order valence-corrected chi connectivity index (χ2v) is 4.50. The van der Waals surface area contributed by atoms with E-state index in [1.807, 2.05) is 0 Å². The first kappa shape index (κ1) is 8.88. The van der Waals surface area contributed by atoms with Gasteiger partial charge in [-0.2, -0.15) is 12.6 Å². The molecule has 60 valence electrons. The summed E-state index contributed by atoms with van der Waals surface area (Å²) in [5.41, 5.74) is 0. The Bertz CT molecular complexity index is 110. The van der Waals surface area contributed by atoms with Crippen molar-refractivity contribution in [2.75, 3.05) is 18.8 Å². The minimum absolute atomic E-state index is 0.606. The smallest absolute Gasteiger partial charge is 0.0659 e. The van der Waals surface area contributed by atoms with Gasteiger partial charge in [0, 0.05) is 18.8 Å². The molecule has 0 aromatic heterocycles. The molecule has 0 radical (unpaired) electrons. The topological polar surface area (TPSA) is 3.24 Å². The van der Waals surface area contributed by atoms with Crippen molar-refractivity contribution in [1.29, 1.82) is 0 Å². The number of halogens is 1. The van der Waals surface area contributed by atoms with Crippen molar-refractivity contribution in [3.63, 3.8) is 0 Å². The minimum atomic E-state index is 0.606. The van der Waals surface area contributed by atoms with Gasteiger partial charge in [0.1, 0.15) is 0 Å². The van der Waals surface area contributed by atoms with E-state index in [-0.39, 0.29) is 0 Å². The molecule has 0 aromatic carbocycles. The van der Waals surface area contributed by atoms with Crippen molar-refractivity contribution in [3.8, 4) is 0 Å². The van der Waals surface area contributed by atoms with E-state index in [4.69, 9.17) is 0 Å². The second-order valence-electron chi connectivity index (χ2n) is 2.99. The highest BCUT2D eigenvalue weighted by Crippen LogP contribution is 2.26. The van der Waals surface area contributed by atoms with Gasteiger partial charge < -0.3 is 0 Å². The van der Waals surface area contributed by atoms with E-state index < -0.39 is 0 Å². The standard InChI is InChI=1S/C7H14BrNS/c1-6-4-7(8)9(5-6)2-3-10/h6-7,10H,2-5H2,1H3. The van der Waals surface area contributed by atoms with Crippen molar-refractivity contribution in [2.24, 2.45) is 5.92 Å². The van der Waals surface area contributed by atoms with Gasteiger partial charge in [-0.3, -0.25) is 4.90 Å².